The van der Waals surface area contributed by atoms with Crippen molar-refractivity contribution in [3.05, 3.63) is 81.5 Å². The van der Waals surface area contributed by atoms with Gasteiger partial charge in [0, 0.05) is 10.0 Å². The summed E-state index contributed by atoms with van der Waals surface area (Å²) in [5.74, 6) is -1.27. The number of rotatable bonds is 4. The number of imide groups is 2. The zero-order chi connectivity index (χ0) is 23.7. The molecule has 3 aromatic rings. The molecular weight excluding hydrogens is 492 g/mol. The number of carbonyl (C=O) groups is 4. The largest absolute Gasteiger partial charge is 0.465 e. The van der Waals surface area contributed by atoms with E-state index in [4.69, 9.17) is 9.15 Å². The first-order valence-corrected chi connectivity index (χ1v) is 10.5. The molecule has 1 aliphatic rings. The molecule has 8 nitrogen and oxygen atoms in total. The van der Waals surface area contributed by atoms with E-state index in [1.165, 1.54) is 13.2 Å². The maximum absolute atomic E-state index is 13.0. The van der Waals surface area contributed by atoms with Gasteiger partial charge in [-0.2, -0.15) is 0 Å². The minimum absolute atomic E-state index is 0.240. The van der Waals surface area contributed by atoms with Crippen molar-refractivity contribution in [2.75, 3.05) is 12.0 Å². The molecule has 33 heavy (non-hydrogen) atoms. The van der Waals surface area contributed by atoms with Gasteiger partial charge in [0.2, 0.25) is 0 Å². The number of nitrogens with one attached hydrogen (secondary N) is 1. The van der Waals surface area contributed by atoms with Crippen molar-refractivity contribution in [1.82, 2.24) is 5.32 Å². The van der Waals surface area contributed by atoms with E-state index in [-0.39, 0.29) is 11.3 Å². The van der Waals surface area contributed by atoms with Crippen LogP contribution in [-0.2, 0) is 14.3 Å². The summed E-state index contributed by atoms with van der Waals surface area (Å²) < 4.78 is 11.3. The molecule has 0 saturated carbocycles. The van der Waals surface area contributed by atoms with E-state index in [1.54, 1.807) is 54.6 Å². The van der Waals surface area contributed by atoms with E-state index >= 15 is 0 Å². The van der Waals surface area contributed by atoms with E-state index in [2.05, 4.69) is 21.2 Å². The van der Waals surface area contributed by atoms with Crippen molar-refractivity contribution in [2.45, 2.75) is 6.92 Å². The van der Waals surface area contributed by atoms with Crippen LogP contribution in [0.25, 0.3) is 17.4 Å². The molecule has 166 valence electrons. The zero-order valence-electron chi connectivity index (χ0n) is 17.5. The van der Waals surface area contributed by atoms with Crippen LogP contribution in [0.4, 0.5) is 10.5 Å². The highest BCUT2D eigenvalue weighted by Crippen LogP contribution is 2.29. The molecule has 1 saturated heterocycles. The van der Waals surface area contributed by atoms with E-state index in [9.17, 15) is 19.2 Å². The smallest absolute Gasteiger partial charge is 0.337 e. The normalized spacial score (nSPS) is 15.1. The monoisotopic (exact) mass is 508 g/mol. The van der Waals surface area contributed by atoms with Gasteiger partial charge >= 0.3 is 12.0 Å². The average Bonchev–Trinajstić information content (AvgIpc) is 3.25. The fourth-order valence-electron chi connectivity index (χ4n) is 3.38. The summed E-state index contributed by atoms with van der Waals surface area (Å²) in [7, 11) is 1.31. The van der Waals surface area contributed by atoms with Crippen molar-refractivity contribution in [3.63, 3.8) is 0 Å². The summed E-state index contributed by atoms with van der Waals surface area (Å²) >= 11 is 3.30. The summed E-state index contributed by atoms with van der Waals surface area (Å²) in [6, 6.07) is 14.0. The molecule has 0 spiro atoms. The van der Waals surface area contributed by atoms with Crippen LogP contribution >= 0.6 is 15.9 Å². The molecule has 2 heterocycles. The number of hydrogen-bond donors (Lipinski definition) is 1. The Bertz CT molecular complexity index is 1320. The van der Waals surface area contributed by atoms with Crippen molar-refractivity contribution >= 4 is 51.5 Å². The van der Waals surface area contributed by atoms with Gasteiger partial charge in [-0.25, -0.2) is 14.5 Å². The maximum Gasteiger partial charge on any atom is 0.337 e. The number of halogens is 1. The lowest BCUT2D eigenvalue weighted by molar-refractivity contribution is -0.122. The standard InChI is InChI=1S/C24H17BrN2O6/c1-13-11-14(23(30)32-2)3-9-18(13)20-10-8-17(33-20)12-19-21(28)26-24(31)27(22(19)29)16-6-4-15(25)5-7-16/h3-12H,1-2H3,(H,26,28,31)/b19-12+. The predicted molar refractivity (Wildman–Crippen MR) is 123 cm³/mol. The number of urea groups is 1. The number of carbonyl (C=O) groups excluding carboxylic acids is 4. The zero-order valence-corrected chi connectivity index (χ0v) is 19.1. The molecule has 2 aromatic carbocycles. The van der Waals surface area contributed by atoms with Crippen molar-refractivity contribution in [2.24, 2.45) is 0 Å². The number of benzene rings is 2. The number of methoxy groups -OCH3 is 1. The number of nitrogens with zero attached hydrogens (tertiary/aromatic N) is 1. The number of hydrogen-bond acceptors (Lipinski definition) is 6. The predicted octanol–water partition coefficient (Wildman–Crippen LogP) is 4.47. The second kappa shape index (κ2) is 8.87. The van der Waals surface area contributed by atoms with E-state index < -0.39 is 23.8 Å². The first-order valence-electron chi connectivity index (χ1n) is 9.74. The van der Waals surface area contributed by atoms with Gasteiger partial charge in [0.05, 0.1) is 18.4 Å². The third kappa shape index (κ3) is 4.35. The van der Waals surface area contributed by atoms with Crippen molar-refractivity contribution in [3.8, 4) is 11.3 Å². The summed E-state index contributed by atoms with van der Waals surface area (Å²) in [6.45, 7) is 1.82. The van der Waals surface area contributed by atoms with Gasteiger partial charge in [0.25, 0.3) is 11.8 Å². The van der Waals surface area contributed by atoms with Gasteiger partial charge in [0.1, 0.15) is 17.1 Å². The van der Waals surface area contributed by atoms with Crippen LogP contribution in [0.2, 0.25) is 0 Å². The van der Waals surface area contributed by atoms with E-state index in [0.29, 0.717) is 17.0 Å². The Morgan fingerprint density at radius 3 is 2.45 bits per heavy atom. The van der Waals surface area contributed by atoms with Gasteiger partial charge in [-0.15, -0.1) is 0 Å². The Morgan fingerprint density at radius 2 is 1.79 bits per heavy atom. The van der Waals surface area contributed by atoms with Gasteiger partial charge in [0.15, 0.2) is 0 Å². The molecule has 0 bridgehead atoms. The molecule has 0 radical (unpaired) electrons. The minimum atomic E-state index is -0.828. The number of esters is 1. The highest BCUT2D eigenvalue weighted by Gasteiger charge is 2.37. The maximum atomic E-state index is 13.0. The van der Waals surface area contributed by atoms with Crippen LogP contribution < -0.4 is 10.2 Å². The first kappa shape index (κ1) is 22.2. The molecule has 1 N–H and O–H groups in total. The second-order valence-corrected chi connectivity index (χ2v) is 8.07. The Kier molecular flexibility index (Phi) is 5.97. The van der Waals surface area contributed by atoms with Crippen LogP contribution in [0.1, 0.15) is 21.7 Å². The van der Waals surface area contributed by atoms with Crippen LogP contribution in [0.5, 0.6) is 0 Å². The number of anilines is 1. The average molecular weight is 509 g/mol. The van der Waals surface area contributed by atoms with Gasteiger partial charge in [-0.1, -0.05) is 22.0 Å². The van der Waals surface area contributed by atoms with Crippen molar-refractivity contribution < 1.29 is 28.3 Å². The molecule has 0 unspecified atom stereocenters. The lowest BCUT2D eigenvalue weighted by Gasteiger charge is -2.26. The third-order valence-electron chi connectivity index (χ3n) is 5.01. The Balaban J connectivity index is 1.65. The molecular formula is C24H17BrN2O6. The fourth-order valence-corrected chi connectivity index (χ4v) is 3.65. The third-order valence-corrected chi connectivity index (χ3v) is 5.54. The summed E-state index contributed by atoms with van der Waals surface area (Å²) in [6.07, 6.45) is 1.29. The molecule has 0 aliphatic carbocycles. The van der Waals surface area contributed by atoms with E-state index in [0.717, 1.165) is 20.5 Å². The number of barbiturate groups is 1. The second-order valence-electron chi connectivity index (χ2n) is 7.16. The lowest BCUT2D eigenvalue weighted by atomic mass is 10.0. The SMILES string of the molecule is COC(=O)c1ccc(-c2ccc(/C=C3\C(=O)NC(=O)N(c4ccc(Br)cc4)C3=O)o2)c(C)c1. The van der Waals surface area contributed by atoms with E-state index in [1.807, 2.05) is 6.92 Å². The molecule has 0 atom stereocenters. The first-order chi connectivity index (χ1) is 15.8. The highest BCUT2D eigenvalue weighted by atomic mass is 79.9. The minimum Gasteiger partial charge on any atom is -0.465 e. The van der Waals surface area contributed by atoms with Crippen molar-refractivity contribution in [1.29, 1.82) is 0 Å². The van der Waals surface area contributed by atoms with Crippen LogP contribution in [-0.4, -0.2) is 30.9 Å². The molecule has 1 aliphatic heterocycles. The Labute approximate surface area is 197 Å². The number of ether oxygens (including phenoxy) is 1. The summed E-state index contributed by atoms with van der Waals surface area (Å²) in [5.41, 5.74) is 2.01. The van der Waals surface area contributed by atoms with Crippen LogP contribution in [0, 0.1) is 6.92 Å². The van der Waals surface area contributed by atoms with Gasteiger partial charge in [-0.3, -0.25) is 14.9 Å². The topological polar surface area (TPSA) is 106 Å². The number of amides is 4. The highest BCUT2D eigenvalue weighted by molar-refractivity contribution is 9.10. The number of furan rings is 1. The molecule has 9 heteroatoms. The van der Waals surface area contributed by atoms with Crippen LogP contribution in [0.15, 0.2) is 69.1 Å². The Morgan fingerprint density at radius 1 is 1.06 bits per heavy atom. The summed E-state index contributed by atoms with van der Waals surface area (Å²) in [4.78, 5) is 50.3. The fraction of sp³-hybridized carbons (Fsp3) is 0.0833. The summed E-state index contributed by atoms with van der Waals surface area (Å²) in [5, 5.41) is 2.17. The Hall–Kier alpha value is -3.98. The molecule has 1 aromatic heterocycles. The quantitative estimate of drug-likeness (QED) is 0.316. The molecule has 1 fully saturated rings. The lowest BCUT2D eigenvalue weighted by Crippen LogP contribution is -2.54. The number of aryl methyl sites for hydroxylation is 1. The van der Waals surface area contributed by atoms with Gasteiger partial charge < -0.3 is 9.15 Å². The molecule has 4 rings (SSSR count). The van der Waals surface area contributed by atoms with Gasteiger partial charge in [-0.05, 0) is 67.1 Å². The molecule has 4 amide bonds. The van der Waals surface area contributed by atoms with Crippen LogP contribution in [0.3, 0.4) is 0 Å².